The molecule has 0 bridgehead atoms. The van der Waals surface area contributed by atoms with E-state index in [9.17, 15) is 9.59 Å². The van der Waals surface area contributed by atoms with Crippen molar-refractivity contribution >= 4 is 30.0 Å². The number of nitrogens with zero attached hydrogens (tertiary/aromatic N) is 2. The molecule has 8 nitrogen and oxygen atoms in total. The second-order valence-electron chi connectivity index (χ2n) is 6.36. The SMILES string of the molecule is CCOC(=O)C(C)(C)n1cc(NC(=O)C2(OC)CCNCC2)cn1.Cl. The summed E-state index contributed by atoms with van der Waals surface area (Å²) < 4.78 is 12.1. The molecule has 1 aromatic heterocycles. The van der Waals surface area contributed by atoms with Gasteiger partial charge in [0.25, 0.3) is 5.91 Å². The fraction of sp³-hybridized carbons (Fsp3) is 0.688. The molecule has 0 aromatic carbocycles. The molecule has 0 atom stereocenters. The fourth-order valence-electron chi connectivity index (χ4n) is 2.69. The number of amides is 1. The largest absolute Gasteiger partial charge is 0.464 e. The average Bonchev–Trinajstić information content (AvgIpc) is 3.05. The van der Waals surface area contributed by atoms with Crippen LogP contribution in [0.3, 0.4) is 0 Å². The van der Waals surface area contributed by atoms with Gasteiger partial charge in [0.2, 0.25) is 0 Å². The van der Waals surface area contributed by atoms with Crippen LogP contribution in [0.5, 0.6) is 0 Å². The van der Waals surface area contributed by atoms with Gasteiger partial charge in [-0.1, -0.05) is 0 Å². The van der Waals surface area contributed by atoms with Crippen LogP contribution >= 0.6 is 12.4 Å². The van der Waals surface area contributed by atoms with Crippen LogP contribution in [0.2, 0.25) is 0 Å². The number of anilines is 1. The Labute approximate surface area is 154 Å². The van der Waals surface area contributed by atoms with Crippen LogP contribution in [0, 0.1) is 0 Å². The molecule has 2 heterocycles. The van der Waals surface area contributed by atoms with E-state index in [1.165, 1.54) is 10.9 Å². The van der Waals surface area contributed by atoms with Gasteiger partial charge in [-0.25, -0.2) is 4.79 Å². The van der Waals surface area contributed by atoms with E-state index >= 15 is 0 Å². The molecule has 1 fully saturated rings. The third kappa shape index (κ3) is 4.50. The Morgan fingerprint density at radius 2 is 2.04 bits per heavy atom. The summed E-state index contributed by atoms with van der Waals surface area (Å²) in [5.74, 6) is -0.572. The van der Waals surface area contributed by atoms with Crippen molar-refractivity contribution in [3.63, 3.8) is 0 Å². The molecule has 142 valence electrons. The van der Waals surface area contributed by atoms with E-state index in [1.807, 2.05) is 0 Å². The molecule has 1 saturated heterocycles. The van der Waals surface area contributed by atoms with Gasteiger partial charge in [0.05, 0.1) is 18.5 Å². The number of piperidine rings is 1. The first-order valence-corrected chi connectivity index (χ1v) is 8.15. The minimum Gasteiger partial charge on any atom is -0.464 e. The molecule has 0 radical (unpaired) electrons. The Kier molecular flexibility index (Phi) is 7.40. The van der Waals surface area contributed by atoms with Gasteiger partial charge in [-0.2, -0.15) is 5.10 Å². The number of halogens is 1. The number of rotatable bonds is 6. The van der Waals surface area contributed by atoms with Crippen LogP contribution < -0.4 is 10.6 Å². The summed E-state index contributed by atoms with van der Waals surface area (Å²) in [4.78, 5) is 24.7. The summed E-state index contributed by atoms with van der Waals surface area (Å²) >= 11 is 0. The van der Waals surface area contributed by atoms with Crippen LogP contribution in [0.15, 0.2) is 12.4 Å². The van der Waals surface area contributed by atoms with E-state index in [1.54, 1.807) is 34.1 Å². The summed E-state index contributed by atoms with van der Waals surface area (Å²) in [7, 11) is 1.55. The van der Waals surface area contributed by atoms with Crippen LogP contribution in [-0.4, -0.2) is 54.1 Å². The number of carbonyl (C=O) groups excluding carboxylic acids is 2. The van der Waals surface area contributed by atoms with Crippen LogP contribution in [0.4, 0.5) is 5.69 Å². The quantitative estimate of drug-likeness (QED) is 0.729. The highest BCUT2D eigenvalue weighted by molar-refractivity contribution is 5.97. The highest BCUT2D eigenvalue weighted by Gasteiger charge is 2.40. The van der Waals surface area contributed by atoms with Crippen molar-refractivity contribution < 1.29 is 19.1 Å². The lowest BCUT2D eigenvalue weighted by molar-refractivity contribution is -0.152. The number of nitrogens with one attached hydrogen (secondary N) is 2. The lowest BCUT2D eigenvalue weighted by Gasteiger charge is -2.34. The zero-order valence-electron chi connectivity index (χ0n) is 15.1. The summed E-state index contributed by atoms with van der Waals surface area (Å²) in [6, 6.07) is 0. The highest BCUT2D eigenvalue weighted by atomic mass is 35.5. The second-order valence-corrected chi connectivity index (χ2v) is 6.36. The number of carbonyl (C=O) groups is 2. The molecular formula is C16H27ClN4O4. The molecule has 0 saturated carbocycles. The van der Waals surface area contributed by atoms with Gasteiger partial charge in [0.1, 0.15) is 5.60 Å². The molecule has 0 aliphatic carbocycles. The first-order chi connectivity index (χ1) is 11.4. The summed E-state index contributed by atoms with van der Waals surface area (Å²) in [6.07, 6.45) is 4.36. The molecule has 1 aromatic rings. The predicted molar refractivity (Wildman–Crippen MR) is 95.9 cm³/mol. The molecular weight excluding hydrogens is 348 g/mol. The molecule has 1 amide bonds. The first kappa shape index (κ1) is 21.4. The maximum atomic E-state index is 12.6. The monoisotopic (exact) mass is 374 g/mol. The Bertz CT molecular complexity index is 597. The normalized spacial score (nSPS) is 16.6. The number of hydrogen-bond donors (Lipinski definition) is 2. The van der Waals surface area contributed by atoms with Gasteiger partial charge >= 0.3 is 5.97 Å². The highest BCUT2D eigenvalue weighted by Crippen LogP contribution is 2.25. The molecule has 2 N–H and O–H groups in total. The van der Waals surface area contributed by atoms with Crippen molar-refractivity contribution in [3.05, 3.63) is 12.4 Å². The number of hydrogen-bond acceptors (Lipinski definition) is 6. The lowest BCUT2D eigenvalue weighted by atomic mass is 9.91. The zero-order chi connectivity index (χ0) is 17.8. The van der Waals surface area contributed by atoms with E-state index in [0.29, 0.717) is 25.1 Å². The number of ether oxygens (including phenoxy) is 2. The summed E-state index contributed by atoms with van der Waals surface area (Å²) in [5.41, 5.74) is -1.26. The average molecular weight is 375 g/mol. The van der Waals surface area contributed by atoms with Crippen molar-refractivity contribution in [2.75, 3.05) is 32.1 Å². The van der Waals surface area contributed by atoms with Crippen LogP contribution in [0.25, 0.3) is 0 Å². The summed E-state index contributed by atoms with van der Waals surface area (Å²) in [6.45, 7) is 6.95. The van der Waals surface area contributed by atoms with E-state index in [-0.39, 0.29) is 24.3 Å². The van der Waals surface area contributed by atoms with E-state index in [2.05, 4.69) is 15.7 Å². The maximum absolute atomic E-state index is 12.6. The van der Waals surface area contributed by atoms with Crippen molar-refractivity contribution in [2.45, 2.75) is 44.8 Å². The van der Waals surface area contributed by atoms with Crippen molar-refractivity contribution in [2.24, 2.45) is 0 Å². The van der Waals surface area contributed by atoms with Gasteiger partial charge in [0.15, 0.2) is 5.54 Å². The lowest BCUT2D eigenvalue weighted by Crippen LogP contribution is -2.51. The fourth-order valence-corrected chi connectivity index (χ4v) is 2.69. The number of methoxy groups -OCH3 is 1. The van der Waals surface area contributed by atoms with Crippen molar-refractivity contribution in [1.29, 1.82) is 0 Å². The summed E-state index contributed by atoms with van der Waals surface area (Å²) in [5, 5.41) is 10.2. The number of esters is 1. The van der Waals surface area contributed by atoms with Gasteiger partial charge in [-0.15, -0.1) is 12.4 Å². The third-order valence-electron chi connectivity index (χ3n) is 4.40. The zero-order valence-corrected chi connectivity index (χ0v) is 15.9. The molecule has 0 spiro atoms. The second kappa shape index (κ2) is 8.64. The van der Waals surface area contributed by atoms with E-state index in [0.717, 1.165) is 13.1 Å². The molecule has 9 heteroatoms. The Balaban J connectivity index is 0.00000312. The molecule has 2 rings (SSSR count). The van der Waals surface area contributed by atoms with Gasteiger partial charge < -0.3 is 20.1 Å². The van der Waals surface area contributed by atoms with Gasteiger partial charge in [-0.05, 0) is 46.7 Å². The van der Waals surface area contributed by atoms with E-state index in [4.69, 9.17) is 9.47 Å². The van der Waals surface area contributed by atoms with Crippen molar-refractivity contribution in [3.8, 4) is 0 Å². The topological polar surface area (TPSA) is 94.5 Å². The molecule has 1 aliphatic rings. The minimum absolute atomic E-state index is 0. The maximum Gasteiger partial charge on any atom is 0.333 e. The van der Waals surface area contributed by atoms with Gasteiger partial charge in [-0.3, -0.25) is 9.48 Å². The van der Waals surface area contributed by atoms with Crippen molar-refractivity contribution in [1.82, 2.24) is 15.1 Å². The molecule has 25 heavy (non-hydrogen) atoms. The minimum atomic E-state index is -0.952. The third-order valence-corrected chi connectivity index (χ3v) is 4.40. The van der Waals surface area contributed by atoms with Crippen LogP contribution in [0.1, 0.15) is 33.6 Å². The van der Waals surface area contributed by atoms with Crippen LogP contribution in [-0.2, 0) is 24.6 Å². The Morgan fingerprint density at radius 3 is 2.60 bits per heavy atom. The molecule has 1 aliphatic heterocycles. The van der Waals surface area contributed by atoms with Gasteiger partial charge in [0, 0.05) is 13.3 Å². The first-order valence-electron chi connectivity index (χ1n) is 8.15. The number of aromatic nitrogens is 2. The van der Waals surface area contributed by atoms with E-state index < -0.39 is 11.1 Å². The predicted octanol–water partition coefficient (Wildman–Crippen LogP) is 1.31. The Hall–Kier alpha value is -1.64. The standard InChI is InChI=1S/C16H26N4O4.ClH/c1-5-24-14(22)15(2,3)20-11-12(10-18-20)19-13(21)16(23-4)6-8-17-9-7-16;/h10-11,17H,5-9H2,1-4H3,(H,19,21);1H. The Morgan fingerprint density at radius 1 is 1.40 bits per heavy atom. The smallest absolute Gasteiger partial charge is 0.333 e. The molecule has 0 unspecified atom stereocenters.